The van der Waals surface area contributed by atoms with Crippen LogP contribution in [0.2, 0.25) is 0 Å². The molecule has 1 unspecified atom stereocenters. The van der Waals surface area contributed by atoms with Crippen LogP contribution in [-0.4, -0.2) is 57.1 Å². The van der Waals surface area contributed by atoms with Gasteiger partial charge in [-0.25, -0.2) is 8.42 Å². The number of thiophene rings is 1. The van der Waals surface area contributed by atoms with Crippen LogP contribution in [0.4, 0.5) is 0 Å². The second-order valence-electron chi connectivity index (χ2n) is 6.53. The van der Waals surface area contributed by atoms with E-state index in [1.54, 1.807) is 28.4 Å². The lowest BCUT2D eigenvalue weighted by Gasteiger charge is -2.25. The molecule has 0 saturated carbocycles. The number of sulfonamides is 1. The summed E-state index contributed by atoms with van der Waals surface area (Å²) in [5.74, 6) is -0.221. The van der Waals surface area contributed by atoms with E-state index in [1.807, 2.05) is 17.5 Å². The highest BCUT2D eigenvalue weighted by molar-refractivity contribution is 7.89. The molecule has 1 aliphatic rings. The van der Waals surface area contributed by atoms with Gasteiger partial charge in [-0.3, -0.25) is 9.63 Å². The van der Waals surface area contributed by atoms with Gasteiger partial charge in [0.1, 0.15) is 0 Å². The number of carbonyl (C=O) groups is 1. The summed E-state index contributed by atoms with van der Waals surface area (Å²) in [5.41, 5.74) is 0.320. The van der Waals surface area contributed by atoms with Crippen molar-refractivity contribution in [2.24, 2.45) is 0 Å². The molecule has 152 valence electrons. The molecule has 1 fully saturated rings. The van der Waals surface area contributed by atoms with Gasteiger partial charge in [0.05, 0.1) is 24.7 Å². The van der Waals surface area contributed by atoms with Crippen molar-refractivity contribution in [3.05, 3.63) is 52.2 Å². The first kappa shape index (κ1) is 20.9. The molecule has 3 rings (SSSR count). The molecular formula is C19H24N2O5S2. The number of benzene rings is 1. The number of nitrogens with zero attached hydrogens (tertiary/aromatic N) is 2. The number of amides is 1. The van der Waals surface area contributed by atoms with E-state index in [4.69, 9.17) is 9.57 Å². The third-order valence-corrected chi connectivity index (χ3v) is 7.17. The van der Waals surface area contributed by atoms with E-state index < -0.39 is 10.0 Å². The molecule has 0 spiro atoms. The van der Waals surface area contributed by atoms with Crippen LogP contribution < -0.4 is 0 Å². The minimum absolute atomic E-state index is 0.00968. The fourth-order valence-corrected chi connectivity index (χ4v) is 4.80. The van der Waals surface area contributed by atoms with Crippen LogP contribution in [0.15, 0.2) is 46.7 Å². The summed E-state index contributed by atoms with van der Waals surface area (Å²) in [6.45, 7) is 1.65. The molecule has 2 aromatic rings. The molecule has 0 radical (unpaired) electrons. The SMILES string of the molecule is CON(C)S(=O)(=O)c1cccc(C(=O)N(Cc2cccs2)CC2CCCO2)c1. The standard InChI is InChI=1S/C19H24N2O5S2/c1-20(25-2)28(23,24)18-9-3-6-15(12-18)19(22)21(13-16-7-4-10-26-16)14-17-8-5-11-27-17/h3,5-6,8-9,11-12,16H,4,7,10,13-14H2,1-2H3. The van der Waals surface area contributed by atoms with Gasteiger partial charge >= 0.3 is 0 Å². The zero-order valence-corrected chi connectivity index (χ0v) is 17.5. The number of ether oxygens (including phenoxy) is 1. The van der Waals surface area contributed by atoms with Crippen LogP contribution in [0.5, 0.6) is 0 Å². The Hall–Kier alpha value is -1.78. The Morgan fingerprint density at radius 3 is 2.79 bits per heavy atom. The summed E-state index contributed by atoms with van der Waals surface area (Å²) in [5, 5.41) is 1.97. The molecule has 0 bridgehead atoms. The summed E-state index contributed by atoms with van der Waals surface area (Å²) in [4.78, 5) is 20.8. The van der Waals surface area contributed by atoms with Crippen LogP contribution in [0.25, 0.3) is 0 Å². The molecule has 1 atom stereocenters. The van der Waals surface area contributed by atoms with Crippen molar-refractivity contribution in [1.82, 2.24) is 9.37 Å². The maximum atomic E-state index is 13.2. The molecule has 1 aliphatic heterocycles. The van der Waals surface area contributed by atoms with Gasteiger partial charge < -0.3 is 9.64 Å². The maximum Gasteiger partial charge on any atom is 0.264 e. The number of hydrogen-bond acceptors (Lipinski definition) is 6. The molecule has 1 saturated heterocycles. The van der Waals surface area contributed by atoms with Crippen LogP contribution in [0.3, 0.4) is 0 Å². The molecule has 2 heterocycles. The molecule has 1 aromatic carbocycles. The lowest BCUT2D eigenvalue weighted by atomic mass is 10.1. The van der Waals surface area contributed by atoms with Gasteiger partial charge in [-0.2, -0.15) is 0 Å². The van der Waals surface area contributed by atoms with Crippen LogP contribution in [0.1, 0.15) is 28.1 Å². The summed E-state index contributed by atoms with van der Waals surface area (Å²) in [6, 6.07) is 9.97. The van der Waals surface area contributed by atoms with E-state index in [-0.39, 0.29) is 16.9 Å². The lowest BCUT2D eigenvalue weighted by Crippen LogP contribution is -2.37. The zero-order valence-electron chi connectivity index (χ0n) is 15.9. The lowest BCUT2D eigenvalue weighted by molar-refractivity contribution is -0.0258. The Morgan fingerprint density at radius 2 is 2.14 bits per heavy atom. The fourth-order valence-electron chi connectivity index (χ4n) is 3.06. The monoisotopic (exact) mass is 424 g/mol. The second-order valence-corrected chi connectivity index (χ2v) is 9.49. The van der Waals surface area contributed by atoms with Gasteiger partial charge in [-0.05, 0) is 42.5 Å². The van der Waals surface area contributed by atoms with Crippen LogP contribution >= 0.6 is 11.3 Å². The second kappa shape index (κ2) is 9.15. The maximum absolute atomic E-state index is 13.2. The summed E-state index contributed by atoms with van der Waals surface area (Å²) in [7, 11) is -1.24. The predicted octanol–water partition coefficient (Wildman–Crippen LogP) is 2.75. The van der Waals surface area contributed by atoms with Crippen molar-refractivity contribution < 1.29 is 22.8 Å². The summed E-state index contributed by atoms with van der Waals surface area (Å²) in [6.07, 6.45) is 1.92. The van der Waals surface area contributed by atoms with Gasteiger partial charge in [-0.15, -0.1) is 11.3 Å². The average molecular weight is 425 g/mol. The first-order chi connectivity index (χ1) is 13.4. The zero-order chi connectivity index (χ0) is 20.1. The van der Waals surface area contributed by atoms with Gasteiger partial charge in [0, 0.05) is 30.6 Å². The third kappa shape index (κ3) is 4.79. The molecule has 9 heteroatoms. The van der Waals surface area contributed by atoms with Gasteiger partial charge in [0.2, 0.25) is 0 Å². The quantitative estimate of drug-likeness (QED) is 0.609. The molecule has 1 aromatic heterocycles. The van der Waals surface area contributed by atoms with E-state index >= 15 is 0 Å². The Balaban J connectivity index is 1.86. The van der Waals surface area contributed by atoms with Crippen molar-refractivity contribution in [1.29, 1.82) is 0 Å². The highest BCUT2D eigenvalue weighted by Gasteiger charge is 2.26. The van der Waals surface area contributed by atoms with Crippen molar-refractivity contribution in [3.63, 3.8) is 0 Å². The van der Waals surface area contributed by atoms with Crippen LogP contribution in [0, 0.1) is 0 Å². The average Bonchev–Trinajstić information content (AvgIpc) is 3.40. The largest absolute Gasteiger partial charge is 0.376 e. The first-order valence-electron chi connectivity index (χ1n) is 8.98. The molecular weight excluding hydrogens is 400 g/mol. The fraction of sp³-hybridized carbons (Fsp3) is 0.421. The van der Waals surface area contributed by atoms with E-state index in [0.29, 0.717) is 25.3 Å². The Kier molecular flexibility index (Phi) is 6.84. The van der Waals surface area contributed by atoms with E-state index in [2.05, 4.69) is 0 Å². The highest BCUT2D eigenvalue weighted by atomic mass is 32.2. The number of hydroxylamine groups is 1. The number of rotatable bonds is 8. The van der Waals surface area contributed by atoms with Crippen molar-refractivity contribution in [2.45, 2.75) is 30.4 Å². The normalized spacial score (nSPS) is 17.2. The number of hydrogen-bond donors (Lipinski definition) is 0. The number of carbonyl (C=O) groups excluding carboxylic acids is 1. The van der Waals surface area contributed by atoms with E-state index in [0.717, 1.165) is 22.2 Å². The minimum atomic E-state index is -3.83. The van der Waals surface area contributed by atoms with E-state index in [9.17, 15) is 13.2 Å². The predicted molar refractivity (Wildman–Crippen MR) is 106 cm³/mol. The molecule has 1 amide bonds. The van der Waals surface area contributed by atoms with Crippen LogP contribution in [-0.2, 0) is 26.1 Å². The minimum Gasteiger partial charge on any atom is -0.376 e. The molecule has 7 nitrogen and oxygen atoms in total. The molecule has 28 heavy (non-hydrogen) atoms. The Bertz CT molecular complexity index is 893. The molecule has 0 aliphatic carbocycles. The van der Waals surface area contributed by atoms with Gasteiger partial charge in [0.25, 0.3) is 15.9 Å². The topological polar surface area (TPSA) is 76.2 Å². The third-order valence-electron chi connectivity index (χ3n) is 4.64. The van der Waals surface area contributed by atoms with Gasteiger partial charge in [-0.1, -0.05) is 16.6 Å². The van der Waals surface area contributed by atoms with E-state index in [1.165, 1.54) is 26.3 Å². The van der Waals surface area contributed by atoms with Crippen molar-refractivity contribution >= 4 is 27.3 Å². The summed E-state index contributed by atoms with van der Waals surface area (Å²) < 4.78 is 31.5. The Morgan fingerprint density at radius 1 is 1.32 bits per heavy atom. The van der Waals surface area contributed by atoms with Crippen molar-refractivity contribution in [3.8, 4) is 0 Å². The van der Waals surface area contributed by atoms with Gasteiger partial charge in [0.15, 0.2) is 0 Å². The summed E-state index contributed by atoms with van der Waals surface area (Å²) >= 11 is 1.58. The van der Waals surface area contributed by atoms with Crippen molar-refractivity contribution in [2.75, 3.05) is 27.3 Å². The Labute approximate surface area is 169 Å². The molecule has 0 N–H and O–H groups in total. The first-order valence-corrected chi connectivity index (χ1v) is 11.3. The smallest absolute Gasteiger partial charge is 0.264 e. The highest BCUT2D eigenvalue weighted by Crippen LogP contribution is 2.21.